The molecule has 0 radical (unpaired) electrons. The van der Waals surface area contributed by atoms with E-state index in [2.05, 4.69) is 5.10 Å². The van der Waals surface area contributed by atoms with Gasteiger partial charge in [0.05, 0.1) is 5.69 Å². The van der Waals surface area contributed by atoms with Crippen LogP contribution in [-0.4, -0.2) is 12.8 Å². The molecule has 1 heterocycles. The maximum Gasteiger partial charge on any atom is 0.0594 e. The van der Waals surface area contributed by atoms with Crippen molar-refractivity contribution in [3.8, 4) is 0 Å². The highest BCUT2D eigenvalue weighted by molar-refractivity contribution is 6.30. The standard InChI is InChI=1S/C9H9ClN2.ClH/c10-8-2-4-9(5-3-8)12-7-1-6-11-12;/h2-6H,1,7H2;1H. The molecule has 13 heavy (non-hydrogen) atoms. The Morgan fingerprint density at radius 3 is 2.46 bits per heavy atom. The highest BCUT2D eigenvalue weighted by Crippen LogP contribution is 2.19. The zero-order chi connectivity index (χ0) is 8.39. The van der Waals surface area contributed by atoms with Gasteiger partial charge in [0.2, 0.25) is 0 Å². The predicted molar refractivity (Wildman–Crippen MR) is 59.2 cm³/mol. The number of benzene rings is 1. The number of nitrogens with zero attached hydrogens (tertiary/aromatic N) is 2. The van der Waals surface area contributed by atoms with Gasteiger partial charge in [-0.15, -0.1) is 12.4 Å². The Balaban J connectivity index is 0.000000845. The summed E-state index contributed by atoms with van der Waals surface area (Å²) >= 11 is 5.76. The lowest BCUT2D eigenvalue weighted by Gasteiger charge is -2.12. The molecule has 70 valence electrons. The first-order chi connectivity index (χ1) is 5.86. The first-order valence-electron chi connectivity index (χ1n) is 3.92. The molecular formula is C9H10Cl2N2. The maximum absolute atomic E-state index is 5.76. The van der Waals surface area contributed by atoms with Crippen molar-refractivity contribution in [2.75, 3.05) is 11.6 Å². The van der Waals surface area contributed by atoms with Crippen LogP contribution in [0.3, 0.4) is 0 Å². The fourth-order valence-electron chi connectivity index (χ4n) is 1.20. The molecule has 1 aliphatic rings. The summed E-state index contributed by atoms with van der Waals surface area (Å²) in [7, 11) is 0. The Bertz CT molecular complexity index is 295. The van der Waals surface area contributed by atoms with Crippen LogP contribution in [-0.2, 0) is 0 Å². The lowest BCUT2D eigenvalue weighted by atomic mass is 10.3. The molecule has 0 fully saturated rings. The van der Waals surface area contributed by atoms with E-state index in [0.29, 0.717) is 0 Å². The summed E-state index contributed by atoms with van der Waals surface area (Å²) < 4.78 is 0. The lowest BCUT2D eigenvalue weighted by Crippen LogP contribution is -2.11. The summed E-state index contributed by atoms with van der Waals surface area (Å²) in [5, 5.41) is 6.94. The van der Waals surface area contributed by atoms with Gasteiger partial charge in [0.15, 0.2) is 0 Å². The Labute approximate surface area is 88.6 Å². The number of hydrogen-bond donors (Lipinski definition) is 0. The highest BCUT2D eigenvalue weighted by Gasteiger charge is 2.06. The number of hydrazone groups is 1. The summed E-state index contributed by atoms with van der Waals surface area (Å²) in [5.41, 5.74) is 1.10. The largest absolute Gasteiger partial charge is 0.266 e. The van der Waals surface area contributed by atoms with Gasteiger partial charge in [-0.05, 0) is 24.3 Å². The molecule has 1 aliphatic heterocycles. The van der Waals surface area contributed by atoms with Crippen molar-refractivity contribution in [1.29, 1.82) is 0 Å². The Morgan fingerprint density at radius 1 is 1.23 bits per heavy atom. The summed E-state index contributed by atoms with van der Waals surface area (Å²) in [6.07, 6.45) is 2.96. The van der Waals surface area contributed by atoms with E-state index in [-0.39, 0.29) is 12.4 Å². The third-order valence-corrected chi connectivity index (χ3v) is 2.07. The van der Waals surface area contributed by atoms with Crippen molar-refractivity contribution < 1.29 is 0 Å². The molecule has 0 saturated heterocycles. The molecule has 0 saturated carbocycles. The number of hydrogen-bond acceptors (Lipinski definition) is 2. The van der Waals surface area contributed by atoms with Crippen LogP contribution in [0.15, 0.2) is 29.4 Å². The molecule has 4 heteroatoms. The van der Waals surface area contributed by atoms with Crippen LogP contribution in [0.1, 0.15) is 6.42 Å². The van der Waals surface area contributed by atoms with Gasteiger partial charge >= 0.3 is 0 Å². The van der Waals surface area contributed by atoms with Gasteiger partial charge in [-0.25, -0.2) is 0 Å². The highest BCUT2D eigenvalue weighted by atomic mass is 35.5. The average molecular weight is 217 g/mol. The van der Waals surface area contributed by atoms with E-state index in [9.17, 15) is 0 Å². The van der Waals surface area contributed by atoms with Gasteiger partial charge in [0.25, 0.3) is 0 Å². The van der Waals surface area contributed by atoms with E-state index >= 15 is 0 Å². The monoisotopic (exact) mass is 216 g/mol. The van der Waals surface area contributed by atoms with Crippen LogP contribution in [0, 0.1) is 0 Å². The Hall–Kier alpha value is -0.730. The van der Waals surface area contributed by atoms with Gasteiger partial charge in [0.1, 0.15) is 0 Å². The van der Waals surface area contributed by atoms with Crippen molar-refractivity contribution >= 4 is 35.9 Å². The van der Waals surface area contributed by atoms with E-state index in [1.54, 1.807) is 0 Å². The maximum atomic E-state index is 5.76. The molecule has 1 aromatic rings. The third kappa shape index (κ3) is 2.36. The number of rotatable bonds is 1. The SMILES string of the molecule is Cl.Clc1ccc(N2CCC=N2)cc1. The second-order valence-electron chi connectivity index (χ2n) is 2.69. The normalized spacial score (nSPS) is 14.4. The Kier molecular flexibility index (Phi) is 3.58. The molecule has 0 spiro atoms. The van der Waals surface area contributed by atoms with Gasteiger partial charge in [-0.3, -0.25) is 5.01 Å². The topological polar surface area (TPSA) is 15.6 Å². The molecule has 1 aromatic carbocycles. The van der Waals surface area contributed by atoms with Crippen LogP contribution in [0.5, 0.6) is 0 Å². The first kappa shape index (κ1) is 10.4. The molecule has 0 aromatic heterocycles. The number of anilines is 1. The molecular weight excluding hydrogens is 207 g/mol. The summed E-state index contributed by atoms with van der Waals surface area (Å²) in [5.74, 6) is 0. The third-order valence-electron chi connectivity index (χ3n) is 1.82. The van der Waals surface area contributed by atoms with Crippen LogP contribution in [0.4, 0.5) is 5.69 Å². The Morgan fingerprint density at radius 2 is 1.92 bits per heavy atom. The minimum absolute atomic E-state index is 0. The van der Waals surface area contributed by atoms with Gasteiger partial charge in [-0.1, -0.05) is 11.6 Å². The van der Waals surface area contributed by atoms with E-state index in [4.69, 9.17) is 11.6 Å². The zero-order valence-corrected chi connectivity index (χ0v) is 8.55. The molecule has 0 amide bonds. The van der Waals surface area contributed by atoms with Crippen molar-refractivity contribution in [2.45, 2.75) is 6.42 Å². The minimum Gasteiger partial charge on any atom is -0.266 e. The summed E-state index contributed by atoms with van der Waals surface area (Å²) in [4.78, 5) is 0. The molecule has 0 atom stereocenters. The second-order valence-corrected chi connectivity index (χ2v) is 3.12. The fraction of sp³-hybridized carbons (Fsp3) is 0.222. The second kappa shape index (κ2) is 4.49. The van der Waals surface area contributed by atoms with Crippen molar-refractivity contribution in [3.63, 3.8) is 0 Å². The molecule has 0 aliphatic carbocycles. The van der Waals surface area contributed by atoms with Crippen molar-refractivity contribution in [3.05, 3.63) is 29.3 Å². The van der Waals surface area contributed by atoms with Crippen LogP contribution in [0.2, 0.25) is 5.02 Å². The van der Waals surface area contributed by atoms with Crippen molar-refractivity contribution in [2.24, 2.45) is 5.10 Å². The van der Waals surface area contributed by atoms with Gasteiger partial charge in [-0.2, -0.15) is 5.10 Å². The predicted octanol–water partition coefficient (Wildman–Crippen LogP) is 2.96. The number of halogens is 2. The van der Waals surface area contributed by atoms with Crippen LogP contribution in [0.25, 0.3) is 0 Å². The van der Waals surface area contributed by atoms with Crippen LogP contribution < -0.4 is 5.01 Å². The quantitative estimate of drug-likeness (QED) is 0.706. The van der Waals surface area contributed by atoms with Crippen LogP contribution >= 0.6 is 24.0 Å². The van der Waals surface area contributed by atoms with E-state index in [1.807, 2.05) is 35.5 Å². The molecule has 0 N–H and O–H groups in total. The zero-order valence-electron chi connectivity index (χ0n) is 6.98. The lowest BCUT2D eigenvalue weighted by molar-refractivity contribution is 0.922. The fourth-order valence-corrected chi connectivity index (χ4v) is 1.33. The van der Waals surface area contributed by atoms with Gasteiger partial charge < -0.3 is 0 Å². The van der Waals surface area contributed by atoms with E-state index in [0.717, 1.165) is 23.7 Å². The minimum atomic E-state index is 0. The van der Waals surface area contributed by atoms with Gasteiger partial charge in [0, 0.05) is 24.2 Å². The van der Waals surface area contributed by atoms with E-state index in [1.165, 1.54) is 0 Å². The molecule has 2 rings (SSSR count). The summed E-state index contributed by atoms with van der Waals surface area (Å²) in [6.45, 7) is 0.974. The molecule has 0 bridgehead atoms. The first-order valence-corrected chi connectivity index (χ1v) is 4.29. The van der Waals surface area contributed by atoms with Crippen molar-refractivity contribution in [1.82, 2.24) is 0 Å². The molecule has 0 unspecified atom stereocenters. The van der Waals surface area contributed by atoms with E-state index < -0.39 is 0 Å². The smallest absolute Gasteiger partial charge is 0.0594 e. The molecule has 2 nitrogen and oxygen atoms in total. The average Bonchev–Trinajstić information content (AvgIpc) is 2.58. The summed E-state index contributed by atoms with van der Waals surface area (Å²) in [6, 6.07) is 7.71.